The molecule has 0 aromatic carbocycles. The number of aliphatic carboxylic acids is 1. The summed E-state index contributed by atoms with van der Waals surface area (Å²) in [6, 6.07) is 0. The summed E-state index contributed by atoms with van der Waals surface area (Å²) < 4.78 is 22.9. The molecule has 0 aromatic heterocycles. The van der Waals surface area contributed by atoms with Gasteiger partial charge in [0.2, 0.25) is 0 Å². The van der Waals surface area contributed by atoms with Crippen LogP contribution >= 0.6 is 0 Å². The highest BCUT2D eigenvalue weighted by atomic mass is 16.7. The van der Waals surface area contributed by atoms with Crippen molar-refractivity contribution < 1.29 is 42.9 Å². The SMILES string of the molecule is CC/C=C\C/C=C\C/C=C\C/C=C\C/C=C\C/C=C\CCCCCCCCCCCCCCCCCCCCC(=O)OC(COC(=O)CCCCCCC/C=C\C/C=C\C/C=C\C/C=C\C/C=C\CC)COC(OCC[N+](C)(C)C)C(=O)O. The molecular formula is C74H124NO8+. The number of carboxylic acids is 1. The van der Waals surface area contributed by atoms with Crippen molar-refractivity contribution in [3.05, 3.63) is 134 Å². The smallest absolute Gasteiger partial charge is 0.361 e. The van der Waals surface area contributed by atoms with Crippen molar-refractivity contribution in [2.24, 2.45) is 0 Å². The van der Waals surface area contributed by atoms with Gasteiger partial charge in [-0.15, -0.1) is 0 Å². The Hall–Kier alpha value is -4.57. The zero-order valence-corrected chi connectivity index (χ0v) is 53.8. The number of carbonyl (C=O) groups is 3. The minimum Gasteiger partial charge on any atom is -0.477 e. The van der Waals surface area contributed by atoms with Gasteiger partial charge in [0, 0.05) is 12.8 Å². The molecule has 0 rings (SSSR count). The van der Waals surface area contributed by atoms with Crippen molar-refractivity contribution >= 4 is 17.9 Å². The van der Waals surface area contributed by atoms with Crippen LogP contribution in [0, 0.1) is 0 Å². The maximum absolute atomic E-state index is 12.9. The molecule has 1 N–H and O–H groups in total. The first kappa shape index (κ1) is 78.4. The summed E-state index contributed by atoms with van der Waals surface area (Å²) >= 11 is 0. The lowest BCUT2D eigenvalue weighted by Crippen LogP contribution is -2.40. The van der Waals surface area contributed by atoms with Crippen LogP contribution in [0.3, 0.4) is 0 Å². The highest BCUT2D eigenvalue weighted by Gasteiger charge is 2.25. The van der Waals surface area contributed by atoms with Crippen LogP contribution in [0.1, 0.15) is 258 Å². The molecule has 0 spiro atoms. The van der Waals surface area contributed by atoms with E-state index in [0.717, 1.165) is 122 Å². The number of allylic oxidation sites excluding steroid dienone is 22. The van der Waals surface area contributed by atoms with Gasteiger partial charge in [0.15, 0.2) is 6.10 Å². The lowest BCUT2D eigenvalue weighted by atomic mass is 10.0. The summed E-state index contributed by atoms with van der Waals surface area (Å²) in [6.07, 6.45) is 88.4. The number of likely N-dealkylation sites (N-methyl/N-ethyl adjacent to an activating group) is 1. The second kappa shape index (κ2) is 63.5. The molecule has 0 aromatic rings. The van der Waals surface area contributed by atoms with Gasteiger partial charge in [-0.25, -0.2) is 4.79 Å². The van der Waals surface area contributed by atoms with Gasteiger partial charge >= 0.3 is 17.9 Å². The Labute approximate surface area is 509 Å². The van der Waals surface area contributed by atoms with Crippen molar-refractivity contribution in [1.82, 2.24) is 0 Å². The zero-order valence-electron chi connectivity index (χ0n) is 53.8. The number of unbranched alkanes of at least 4 members (excludes halogenated alkanes) is 23. The number of carboxylic acid groups (broad SMARTS) is 1. The fourth-order valence-corrected chi connectivity index (χ4v) is 8.87. The number of nitrogens with zero attached hydrogens (tertiary/aromatic N) is 1. The van der Waals surface area contributed by atoms with E-state index in [0.29, 0.717) is 17.4 Å². The van der Waals surface area contributed by atoms with E-state index in [4.69, 9.17) is 18.9 Å². The van der Waals surface area contributed by atoms with E-state index in [9.17, 15) is 19.5 Å². The quantitative estimate of drug-likeness (QED) is 0.0211. The minimum absolute atomic E-state index is 0.179. The first-order valence-corrected chi connectivity index (χ1v) is 33.3. The Kier molecular flexibility index (Phi) is 60.0. The number of esters is 2. The Morgan fingerprint density at radius 2 is 0.651 bits per heavy atom. The van der Waals surface area contributed by atoms with Crippen molar-refractivity contribution in [2.45, 2.75) is 270 Å². The Balaban J connectivity index is 4.13. The maximum atomic E-state index is 12.9. The van der Waals surface area contributed by atoms with E-state index in [1.165, 1.54) is 103 Å². The molecule has 9 nitrogen and oxygen atoms in total. The number of hydrogen-bond acceptors (Lipinski definition) is 7. The van der Waals surface area contributed by atoms with Crippen LogP contribution in [0.15, 0.2) is 134 Å². The predicted molar refractivity (Wildman–Crippen MR) is 354 cm³/mol. The minimum atomic E-state index is -1.52. The summed E-state index contributed by atoms with van der Waals surface area (Å²) in [5, 5.41) is 9.73. The highest BCUT2D eigenvalue weighted by Crippen LogP contribution is 2.16. The van der Waals surface area contributed by atoms with Crippen LogP contribution in [-0.4, -0.2) is 87.4 Å². The van der Waals surface area contributed by atoms with Gasteiger partial charge in [-0.2, -0.15) is 0 Å². The molecule has 0 fully saturated rings. The molecule has 0 amide bonds. The highest BCUT2D eigenvalue weighted by molar-refractivity contribution is 5.71. The molecule has 0 aliphatic rings. The maximum Gasteiger partial charge on any atom is 0.361 e. The molecule has 0 saturated heterocycles. The topological polar surface area (TPSA) is 108 Å². The molecular weight excluding hydrogens is 1030 g/mol. The van der Waals surface area contributed by atoms with E-state index in [1.807, 2.05) is 21.1 Å². The third-order valence-electron chi connectivity index (χ3n) is 13.9. The van der Waals surface area contributed by atoms with Gasteiger partial charge in [0.25, 0.3) is 6.29 Å². The molecule has 0 saturated carbocycles. The standard InChI is InChI=1S/C74H123NO8/c1-6-8-10-12-14-16-18-20-22-24-26-28-29-30-31-32-33-34-35-36-37-38-39-40-41-42-43-45-47-49-51-53-55-57-59-61-63-65-72(77)83-70(69-82-74(73(78)79)80-67-66-75(3,4)5)68-81-71(76)64-62-60-58-56-54-52-50-48-46-44-27-25-23-21-19-17-15-13-11-9-7-2/h8-11,14-17,20-23,26-28,30-31,33-34,44,48,50,70,74H,6-7,12-13,18-19,24-25,29,32,35-43,45-47,49,51-69H2,1-5H3/p+1/b10-8-,11-9-,16-14-,17-15-,22-20-,23-21-,28-26-,31-30-,34-33-,44-27-,50-48-. The van der Waals surface area contributed by atoms with Gasteiger partial charge < -0.3 is 28.5 Å². The largest absolute Gasteiger partial charge is 0.477 e. The van der Waals surface area contributed by atoms with Crippen LogP contribution in [0.2, 0.25) is 0 Å². The lowest BCUT2D eigenvalue weighted by molar-refractivity contribution is -0.870. The molecule has 0 aliphatic heterocycles. The number of rotatable bonds is 60. The van der Waals surface area contributed by atoms with Crippen LogP contribution in [-0.2, 0) is 33.3 Å². The molecule has 9 heteroatoms. The van der Waals surface area contributed by atoms with Crippen molar-refractivity contribution in [3.8, 4) is 0 Å². The first-order chi connectivity index (χ1) is 40.6. The molecule has 0 bridgehead atoms. The molecule has 0 heterocycles. The molecule has 0 radical (unpaired) electrons. The molecule has 472 valence electrons. The summed E-state index contributed by atoms with van der Waals surface area (Å²) in [5.41, 5.74) is 0. The van der Waals surface area contributed by atoms with Crippen molar-refractivity contribution in [1.29, 1.82) is 0 Å². The number of quaternary nitrogens is 1. The third-order valence-corrected chi connectivity index (χ3v) is 13.9. The summed E-state index contributed by atoms with van der Waals surface area (Å²) in [4.78, 5) is 37.5. The summed E-state index contributed by atoms with van der Waals surface area (Å²) in [7, 11) is 5.96. The lowest BCUT2D eigenvalue weighted by Gasteiger charge is -2.25. The normalized spacial score (nSPS) is 13.6. The van der Waals surface area contributed by atoms with Gasteiger partial charge in [-0.1, -0.05) is 270 Å². The summed E-state index contributed by atoms with van der Waals surface area (Å²) in [6.45, 7) is 4.63. The van der Waals surface area contributed by atoms with E-state index in [2.05, 4.69) is 148 Å². The molecule has 83 heavy (non-hydrogen) atoms. The second-order valence-electron chi connectivity index (χ2n) is 23.0. The van der Waals surface area contributed by atoms with Gasteiger partial charge in [0.1, 0.15) is 13.2 Å². The van der Waals surface area contributed by atoms with Crippen LogP contribution in [0.4, 0.5) is 0 Å². The molecule has 2 atom stereocenters. The van der Waals surface area contributed by atoms with E-state index < -0.39 is 24.3 Å². The number of carbonyl (C=O) groups excluding carboxylic acids is 2. The fraction of sp³-hybridized carbons (Fsp3) is 0.662. The predicted octanol–water partition coefficient (Wildman–Crippen LogP) is 20.6. The number of ether oxygens (including phenoxy) is 4. The molecule has 2 unspecified atom stereocenters. The summed E-state index contributed by atoms with van der Waals surface area (Å²) in [5.74, 6) is -2.03. The zero-order chi connectivity index (χ0) is 60.5. The second-order valence-corrected chi connectivity index (χ2v) is 23.0. The van der Waals surface area contributed by atoms with E-state index in [-0.39, 0.29) is 38.6 Å². The van der Waals surface area contributed by atoms with Crippen molar-refractivity contribution in [3.63, 3.8) is 0 Å². The Morgan fingerprint density at radius 1 is 0.361 bits per heavy atom. The third kappa shape index (κ3) is 64.8. The van der Waals surface area contributed by atoms with E-state index in [1.54, 1.807) is 0 Å². The average Bonchev–Trinajstić information content (AvgIpc) is 3.46. The monoisotopic (exact) mass is 1150 g/mol. The van der Waals surface area contributed by atoms with Crippen molar-refractivity contribution in [2.75, 3.05) is 47.5 Å². The number of hydrogen-bond donors (Lipinski definition) is 1. The van der Waals surface area contributed by atoms with Gasteiger partial charge in [-0.05, 0) is 109 Å². The van der Waals surface area contributed by atoms with Gasteiger partial charge in [0.05, 0.1) is 34.4 Å². The van der Waals surface area contributed by atoms with Crippen LogP contribution in [0.25, 0.3) is 0 Å². The van der Waals surface area contributed by atoms with E-state index >= 15 is 0 Å². The van der Waals surface area contributed by atoms with Crippen LogP contribution in [0.5, 0.6) is 0 Å². The van der Waals surface area contributed by atoms with Gasteiger partial charge in [-0.3, -0.25) is 9.59 Å². The Bertz CT molecular complexity index is 1820. The Morgan fingerprint density at radius 3 is 0.964 bits per heavy atom. The molecule has 0 aliphatic carbocycles. The first-order valence-electron chi connectivity index (χ1n) is 33.3. The average molecular weight is 1160 g/mol. The van der Waals surface area contributed by atoms with Crippen LogP contribution < -0.4 is 0 Å². The fourth-order valence-electron chi connectivity index (χ4n) is 8.87.